The standard InChI is InChI=1S/C19H25FN2O4/c1-10(2)17(18(23)22-19(24)25-11(3)4)21-12(5)16-9-13-8-14(20)6-7-15(13)26-16/h6-12,17,21H,1-5H3,(H,22,23,24)/t12?,17-/m0/s1. The molecular weight excluding hydrogens is 339 g/mol. The number of alkyl carbamates (subject to hydrolysis) is 1. The number of furan rings is 1. The number of hydrogen-bond acceptors (Lipinski definition) is 5. The summed E-state index contributed by atoms with van der Waals surface area (Å²) < 4.78 is 24.0. The second-order valence-corrected chi connectivity index (χ2v) is 6.88. The van der Waals surface area contributed by atoms with Gasteiger partial charge in [-0.05, 0) is 51.0 Å². The van der Waals surface area contributed by atoms with E-state index in [4.69, 9.17) is 9.15 Å². The number of rotatable bonds is 6. The van der Waals surface area contributed by atoms with Crippen LogP contribution in [-0.4, -0.2) is 24.1 Å². The van der Waals surface area contributed by atoms with E-state index < -0.39 is 18.0 Å². The van der Waals surface area contributed by atoms with E-state index in [-0.39, 0.29) is 23.9 Å². The van der Waals surface area contributed by atoms with Crippen LogP contribution in [0.5, 0.6) is 0 Å². The first-order valence-corrected chi connectivity index (χ1v) is 8.64. The molecule has 2 amide bonds. The molecule has 2 aromatic rings. The number of imide groups is 1. The second kappa shape index (κ2) is 8.31. The zero-order valence-electron chi connectivity index (χ0n) is 15.6. The Morgan fingerprint density at radius 1 is 1.12 bits per heavy atom. The van der Waals surface area contributed by atoms with Crippen molar-refractivity contribution >= 4 is 23.0 Å². The number of hydrogen-bond donors (Lipinski definition) is 2. The third-order valence-corrected chi connectivity index (χ3v) is 3.87. The van der Waals surface area contributed by atoms with Gasteiger partial charge in [-0.2, -0.15) is 0 Å². The molecular formula is C19H25FN2O4. The topological polar surface area (TPSA) is 80.6 Å². The van der Waals surface area contributed by atoms with Gasteiger partial charge in [-0.3, -0.25) is 15.4 Å². The summed E-state index contributed by atoms with van der Waals surface area (Å²) in [5.41, 5.74) is 0.570. The van der Waals surface area contributed by atoms with E-state index in [0.717, 1.165) is 0 Å². The average molecular weight is 364 g/mol. The number of ether oxygens (including phenoxy) is 1. The zero-order chi connectivity index (χ0) is 19.4. The predicted molar refractivity (Wildman–Crippen MR) is 96.1 cm³/mol. The maximum Gasteiger partial charge on any atom is 0.414 e. The third kappa shape index (κ3) is 5.05. The lowest BCUT2D eigenvalue weighted by atomic mass is 10.0. The average Bonchev–Trinajstić information content (AvgIpc) is 2.94. The van der Waals surface area contributed by atoms with Gasteiger partial charge in [-0.15, -0.1) is 0 Å². The fourth-order valence-electron chi connectivity index (χ4n) is 2.59. The van der Waals surface area contributed by atoms with Gasteiger partial charge in [0.1, 0.15) is 17.2 Å². The molecule has 0 radical (unpaired) electrons. The van der Waals surface area contributed by atoms with Crippen LogP contribution < -0.4 is 10.6 Å². The summed E-state index contributed by atoms with van der Waals surface area (Å²) in [4.78, 5) is 24.1. The van der Waals surface area contributed by atoms with Crippen molar-refractivity contribution < 1.29 is 23.1 Å². The molecule has 26 heavy (non-hydrogen) atoms. The van der Waals surface area contributed by atoms with Gasteiger partial charge in [0.2, 0.25) is 5.91 Å². The van der Waals surface area contributed by atoms with Crippen molar-refractivity contribution in [2.75, 3.05) is 0 Å². The van der Waals surface area contributed by atoms with E-state index >= 15 is 0 Å². The highest BCUT2D eigenvalue weighted by Crippen LogP contribution is 2.25. The molecule has 1 aromatic carbocycles. The van der Waals surface area contributed by atoms with Gasteiger partial charge in [0.15, 0.2) is 0 Å². The Morgan fingerprint density at radius 2 is 1.81 bits per heavy atom. The van der Waals surface area contributed by atoms with E-state index in [1.807, 2.05) is 20.8 Å². The van der Waals surface area contributed by atoms with Crippen LogP contribution in [0.15, 0.2) is 28.7 Å². The molecule has 0 aliphatic heterocycles. The fourth-order valence-corrected chi connectivity index (χ4v) is 2.59. The molecule has 2 N–H and O–H groups in total. The predicted octanol–water partition coefficient (Wildman–Crippen LogP) is 3.91. The number of halogens is 1. The molecule has 142 valence electrons. The Bertz CT molecular complexity index is 785. The molecule has 1 aromatic heterocycles. The molecule has 0 bridgehead atoms. The molecule has 0 fully saturated rings. The number of nitrogens with one attached hydrogen (secondary N) is 2. The zero-order valence-corrected chi connectivity index (χ0v) is 15.6. The number of carbonyl (C=O) groups excluding carboxylic acids is 2. The van der Waals surface area contributed by atoms with Crippen LogP contribution in [-0.2, 0) is 9.53 Å². The quantitative estimate of drug-likeness (QED) is 0.812. The molecule has 0 spiro atoms. The van der Waals surface area contributed by atoms with Crippen LogP contribution in [0.3, 0.4) is 0 Å². The Labute approximate surface area is 152 Å². The molecule has 1 unspecified atom stereocenters. The number of benzene rings is 1. The number of carbonyl (C=O) groups is 2. The smallest absolute Gasteiger partial charge is 0.414 e. The van der Waals surface area contributed by atoms with Gasteiger partial charge in [-0.1, -0.05) is 13.8 Å². The molecule has 2 atom stereocenters. The van der Waals surface area contributed by atoms with E-state index in [9.17, 15) is 14.0 Å². The van der Waals surface area contributed by atoms with Crippen molar-refractivity contribution in [3.05, 3.63) is 35.8 Å². The van der Waals surface area contributed by atoms with Crippen molar-refractivity contribution in [3.63, 3.8) is 0 Å². The van der Waals surface area contributed by atoms with Crippen LogP contribution in [0, 0.1) is 11.7 Å². The molecule has 0 saturated heterocycles. The van der Waals surface area contributed by atoms with E-state index in [1.54, 1.807) is 26.0 Å². The lowest BCUT2D eigenvalue weighted by Crippen LogP contribution is -2.50. The first-order chi connectivity index (χ1) is 12.2. The van der Waals surface area contributed by atoms with Gasteiger partial charge >= 0.3 is 6.09 Å². The fraction of sp³-hybridized carbons (Fsp3) is 0.474. The minimum Gasteiger partial charge on any atom is -0.459 e. The van der Waals surface area contributed by atoms with Crippen molar-refractivity contribution in [2.24, 2.45) is 5.92 Å². The Morgan fingerprint density at radius 3 is 2.42 bits per heavy atom. The summed E-state index contributed by atoms with van der Waals surface area (Å²) in [6.45, 7) is 8.98. The van der Waals surface area contributed by atoms with Crippen molar-refractivity contribution in [1.29, 1.82) is 0 Å². The molecule has 6 nitrogen and oxygen atoms in total. The number of fused-ring (bicyclic) bond motifs is 1. The van der Waals surface area contributed by atoms with Crippen LogP contribution in [0.1, 0.15) is 46.4 Å². The molecule has 7 heteroatoms. The van der Waals surface area contributed by atoms with Crippen LogP contribution in [0.4, 0.5) is 9.18 Å². The van der Waals surface area contributed by atoms with Gasteiger partial charge in [0, 0.05) is 5.39 Å². The van der Waals surface area contributed by atoms with Crippen LogP contribution in [0.2, 0.25) is 0 Å². The van der Waals surface area contributed by atoms with E-state index in [0.29, 0.717) is 16.7 Å². The van der Waals surface area contributed by atoms with Crippen LogP contribution in [0.25, 0.3) is 11.0 Å². The number of amides is 2. The van der Waals surface area contributed by atoms with Crippen molar-refractivity contribution in [1.82, 2.24) is 10.6 Å². The highest BCUT2D eigenvalue weighted by molar-refractivity contribution is 5.95. The van der Waals surface area contributed by atoms with Gasteiger partial charge in [0.05, 0.1) is 18.2 Å². The molecule has 0 aliphatic carbocycles. The molecule has 1 heterocycles. The van der Waals surface area contributed by atoms with Gasteiger partial charge in [-0.25, -0.2) is 9.18 Å². The van der Waals surface area contributed by atoms with Crippen molar-refractivity contribution in [3.8, 4) is 0 Å². The Kier molecular flexibility index (Phi) is 6.37. The monoisotopic (exact) mass is 364 g/mol. The summed E-state index contributed by atoms with van der Waals surface area (Å²) in [6.07, 6.45) is -1.09. The van der Waals surface area contributed by atoms with Gasteiger partial charge in [0.25, 0.3) is 0 Å². The highest BCUT2D eigenvalue weighted by Gasteiger charge is 2.27. The van der Waals surface area contributed by atoms with E-state index in [2.05, 4.69) is 10.6 Å². The molecule has 0 saturated carbocycles. The highest BCUT2D eigenvalue weighted by atomic mass is 19.1. The van der Waals surface area contributed by atoms with E-state index in [1.165, 1.54) is 12.1 Å². The summed E-state index contributed by atoms with van der Waals surface area (Å²) in [5.74, 6) is -0.312. The summed E-state index contributed by atoms with van der Waals surface area (Å²) >= 11 is 0. The first-order valence-electron chi connectivity index (χ1n) is 8.64. The maximum absolute atomic E-state index is 13.3. The normalized spacial score (nSPS) is 13.8. The van der Waals surface area contributed by atoms with Gasteiger partial charge < -0.3 is 9.15 Å². The summed E-state index contributed by atoms with van der Waals surface area (Å²) in [5, 5.41) is 6.05. The summed E-state index contributed by atoms with van der Waals surface area (Å²) in [7, 11) is 0. The minimum absolute atomic E-state index is 0.0777. The second-order valence-electron chi connectivity index (χ2n) is 6.88. The summed E-state index contributed by atoms with van der Waals surface area (Å²) in [6, 6.07) is 5.08. The van der Waals surface area contributed by atoms with Crippen LogP contribution >= 0.6 is 0 Å². The lowest BCUT2D eigenvalue weighted by molar-refractivity contribution is -0.123. The van der Waals surface area contributed by atoms with Crippen molar-refractivity contribution in [2.45, 2.75) is 52.8 Å². The third-order valence-electron chi connectivity index (χ3n) is 3.87. The first kappa shape index (κ1) is 19.9. The maximum atomic E-state index is 13.3. The largest absolute Gasteiger partial charge is 0.459 e. The lowest BCUT2D eigenvalue weighted by Gasteiger charge is -2.24. The molecule has 2 rings (SSSR count). The molecule has 0 aliphatic rings. The minimum atomic E-state index is -0.774. The SMILES string of the molecule is CC(C)OC(=O)NC(=O)[C@@H](NC(C)c1cc2cc(F)ccc2o1)C(C)C. The Balaban J connectivity index is 2.09. The Hall–Kier alpha value is -2.41.